The number of carbonyl (C=O) groups is 2. The van der Waals surface area contributed by atoms with Gasteiger partial charge in [-0.3, -0.25) is 9.59 Å². The molecule has 0 fully saturated rings. The molecule has 4 rings (SSSR count). The van der Waals surface area contributed by atoms with Crippen LogP contribution in [0.4, 0.5) is 10.2 Å². The molecule has 0 aliphatic heterocycles. The molecule has 2 aromatic heterocycles. The van der Waals surface area contributed by atoms with Crippen LogP contribution in [0.2, 0.25) is 10.0 Å². The SMILES string of the molecule is CC(=O)Nc1cn2nc(-c3ccc(Cl)c(C(=O)NCCCc4ccc(Cl)cc4)c3F)ccc2n1. The zero-order valence-corrected chi connectivity index (χ0v) is 19.6. The van der Waals surface area contributed by atoms with Crippen molar-refractivity contribution >= 4 is 46.5 Å². The quantitative estimate of drug-likeness (QED) is 0.343. The lowest BCUT2D eigenvalue weighted by Gasteiger charge is -2.11. The van der Waals surface area contributed by atoms with Crippen molar-refractivity contribution in [2.45, 2.75) is 19.8 Å². The number of rotatable bonds is 7. The minimum absolute atomic E-state index is 0.00750. The Hall–Kier alpha value is -3.49. The molecule has 174 valence electrons. The van der Waals surface area contributed by atoms with E-state index in [-0.39, 0.29) is 27.8 Å². The molecule has 0 aliphatic rings. The highest BCUT2D eigenvalue weighted by molar-refractivity contribution is 6.34. The van der Waals surface area contributed by atoms with Gasteiger partial charge in [-0.2, -0.15) is 5.10 Å². The Morgan fingerprint density at radius 1 is 1.06 bits per heavy atom. The summed E-state index contributed by atoms with van der Waals surface area (Å²) in [6, 6.07) is 13.6. The van der Waals surface area contributed by atoms with Crippen LogP contribution < -0.4 is 10.6 Å². The first-order chi connectivity index (χ1) is 16.3. The average molecular weight is 500 g/mol. The van der Waals surface area contributed by atoms with Crippen LogP contribution in [0.3, 0.4) is 0 Å². The Morgan fingerprint density at radius 2 is 1.82 bits per heavy atom. The fourth-order valence-corrected chi connectivity index (χ4v) is 3.82. The molecule has 2 heterocycles. The monoisotopic (exact) mass is 499 g/mol. The van der Waals surface area contributed by atoms with Crippen molar-refractivity contribution in [3.05, 3.63) is 81.7 Å². The van der Waals surface area contributed by atoms with Crippen molar-refractivity contribution in [1.82, 2.24) is 19.9 Å². The number of hydrogen-bond donors (Lipinski definition) is 2. The number of hydrogen-bond acceptors (Lipinski definition) is 4. The molecule has 2 amide bonds. The van der Waals surface area contributed by atoms with Gasteiger partial charge in [0.25, 0.3) is 5.91 Å². The number of benzene rings is 2. The third-order valence-corrected chi connectivity index (χ3v) is 5.63. The van der Waals surface area contributed by atoms with Crippen molar-refractivity contribution in [3.8, 4) is 11.3 Å². The van der Waals surface area contributed by atoms with E-state index in [9.17, 15) is 9.59 Å². The molecule has 4 aromatic rings. The van der Waals surface area contributed by atoms with Gasteiger partial charge >= 0.3 is 0 Å². The van der Waals surface area contributed by atoms with E-state index >= 15 is 4.39 Å². The number of nitrogens with one attached hydrogen (secondary N) is 2. The van der Waals surface area contributed by atoms with Gasteiger partial charge in [0.05, 0.1) is 22.5 Å². The number of halogens is 3. The Balaban J connectivity index is 1.50. The highest BCUT2D eigenvalue weighted by Crippen LogP contribution is 2.29. The molecule has 0 bridgehead atoms. The second-order valence-electron chi connectivity index (χ2n) is 7.60. The second kappa shape index (κ2) is 10.2. The minimum atomic E-state index is -0.767. The molecular formula is C24H20Cl2FN5O2. The predicted molar refractivity (Wildman–Crippen MR) is 130 cm³/mol. The summed E-state index contributed by atoms with van der Waals surface area (Å²) >= 11 is 12.1. The van der Waals surface area contributed by atoms with Gasteiger partial charge in [0.15, 0.2) is 11.5 Å². The summed E-state index contributed by atoms with van der Waals surface area (Å²) in [4.78, 5) is 28.2. The van der Waals surface area contributed by atoms with Crippen molar-refractivity contribution < 1.29 is 14.0 Å². The van der Waals surface area contributed by atoms with Gasteiger partial charge in [0.1, 0.15) is 5.82 Å². The number of aryl methyl sites for hydroxylation is 1. The fourth-order valence-electron chi connectivity index (χ4n) is 3.46. The topological polar surface area (TPSA) is 88.4 Å². The molecule has 7 nitrogen and oxygen atoms in total. The first kappa shape index (κ1) is 23.7. The van der Waals surface area contributed by atoms with Crippen LogP contribution in [0.25, 0.3) is 16.9 Å². The van der Waals surface area contributed by atoms with Gasteiger partial charge in [0.2, 0.25) is 5.91 Å². The molecule has 0 spiro atoms. The number of nitrogens with zero attached hydrogens (tertiary/aromatic N) is 3. The standard InChI is InChI=1S/C24H20Cl2FN5O2/c1-14(33)29-20-13-32-21(30-20)11-10-19(31-32)17-8-9-18(26)22(23(17)27)24(34)28-12-2-3-15-4-6-16(25)7-5-15/h4-11,13H,2-3,12H2,1H3,(H,28,34)(H,29,33). The van der Waals surface area contributed by atoms with Crippen LogP contribution in [-0.4, -0.2) is 33.0 Å². The molecular weight excluding hydrogens is 480 g/mol. The third-order valence-electron chi connectivity index (χ3n) is 5.06. The first-order valence-corrected chi connectivity index (χ1v) is 11.2. The Labute approximate surface area is 204 Å². The Bertz CT molecular complexity index is 1370. The molecule has 2 N–H and O–H groups in total. The lowest BCUT2D eigenvalue weighted by atomic mass is 10.1. The molecule has 0 atom stereocenters. The van der Waals surface area contributed by atoms with E-state index < -0.39 is 11.7 Å². The van der Waals surface area contributed by atoms with E-state index in [1.54, 1.807) is 12.1 Å². The summed E-state index contributed by atoms with van der Waals surface area (Å²) in [5, 5.41) is 10.3. The maximum atomic E-state index is 15.4. The normalized spacial score (nSPS) is 10.9. The van der Waals surface area contributed by atoms with Crippen molar-refractivity contribution in [1.29, 1.82) is 0 Å². The number of anilines is 1. The summed E-state index contributed by atoms with van der Waals surface area (Å²) < 4.78 is 16.8. The van der Waals surface area contributed by atoms with Crippen molar-refractivity contribution in [2.75, 3.05) is 11.9 Å². The van der Waals surface area contributed by atoms with Crippen molar-refractivity contribution in [3.63, 3.8) is 0 Å². The fraction of sp³-hybridized carbons (Fsp3) is 0.167. The second-order valence-corrected chi connectivity index (χ2v) is 8.44. The summed E-state index contributed by atoms with van der Waals surface area (Å²) in [6.45, 7) is 1.73. The van der Waals surface area contributed by atoms with E-state index in [0.717, 1.165) is 12.0 Å². The summed E-state index contributed by atoms with van der Waals surface area (Å²) in [6.07, 6.45) is 2.92. The number of carbonyl (C=O) groups excluding carboxylic acids is 2. The Morgan fingerprint density at radius 3 is 2.56 bits per heavy atom. The molecule has 34 heavy (non-hydrogen) atoms. The average Bonchev–Trinajstić information content (AvgIpc) is 3.18. The molecule has 2 aromatic carbocycles. The van der Waals surface area contributed by atoms with E-state index in [1.807, 2.05) is 24.3 Å². The first-order valence-electron chi connectivity index (χ1n) is 10.5. The van der Waals surface area contributed by atoms with Crippen molar-refractivity contribution in [2.24, 2.45) is 0 Å². The molecule has 10 heteroatoms. The van der Waals surface area contributed by atoms with Gasteiger partial charge < -0.3 is 10.6 Å². The Kier molecular flexibility index (Phi) is 7.09. The largest absolute Gasteiger partial charge is 0.352 e. The molecule has 0 unspecified atom stereocenters. The molecule has 0 aliphatic carbocycles. The highest BCUT2D eigenvalue weighted by Gasteiger charge is 2.21. The van der Waals surface area contributed by atoms with E-state index in [0.29, 0.717) is 29.5 Å². The lowest BCUT2D eigenvalue weighted by Crippen LogP contribution is -2.26. The number of aromatic nitrogens is 3. The van der Waals surface area contributed by atoms with Crippen LogP contribution in [0.15, 0.2) is 54.7 Å². The summed E-state index contributed by atoms with van der Waals surface area (Å²) in [7, 11) is 0. The zero-order chi connectivity index (χ0) is 24.2. The zero-order valence-electron chi connectivity index (χ0n) is 18.1. The maximum absolute atomic E-state index is 15.4. The molecule has 0 radical (unpaired) electrons. The summed E-state index contributed by atoms with van der Waals surface area (Å²) in [5.41, 5.74) is 1.72. The lowest BCUT2D eigenvalue weighted by molar-refractivity contribution is -0.114. The van der Waals surface area contributed by atoms with Gasteiger partial charge in [-0.15, -0.1) is 0 Å². The smallest absolute Gasteiger partial charge is 0.255 e. The molecule has 0 saturated carbocycles. The number of fused-ring (bicyclic) bond motifs is 1. The predicted octanol–water partition coefficient (Wildman–Crippen LogP) is 5.16. The van der Waals surface area contributed by atoms with Gasteiger partial charge in [-0.1, -0.05) is 35.3 Å². The van der Waals surface area contributed by atoms with Crippen LogP contribution in [0.5, 0.6) is 0 Å². The third kappa shape index (κ3) is 5.35. The molecule has 0 saturated heterocycles. The van der Waals surface area contributed by atoms with Crippen LogP contribution in [-0.2, 0) is 11.2 Å². The van der Waals surface area contributed by atoms with Gasteiger partial charge in [-0.25, -0.2) is 13.9 Å². The van der Waals surface area contributed by atoms with Crippen LogP contribution >= 0.6 is 23.2 Å². The van der Waals surface area contributed by atoms with Gasteiger partial charge in [-0.05, 0) is 54.8 Å². The van der Waals surface area contributed by atoms with Gasteiger partial charge in [0, 0.05) is 24.1 Å². The summed E-state index contributed by atoms with van der Waals surface area (Å²) in [5.74, 6) is -1.31. The van der Waals surface area contributed by atoms with E-state index in [1.165, 1.54) is 29.8 Å². The van der Waals surface area contributed by atoms with Crippen LogP contribution in [0.1, 0.15) is 29.3 Å². The minimum Gasteiger partial charge on any atom is -0.352 e. The maximum Gasteiger partial charge on any atom is 0.255 e. The van der Waals surface area contributed by atoms with E-state index in [4.69, 9.17) is 23.2 Å². The number of imidazole rings is 1. The van der Waals surface area contributed by atoms with E-state index in [2.05, 4.69) is 20.7 Å². The highest BCUT2D eigenvalue weighted by atomic mass is 35.5. The van der Waals surface area contributed by atoms with Crippen LogP contribution in [0, 0.1) is 5.82 Å². The number of amides is 2.